The molecule has 214 valence electrons. The molecule has 0 bridgehead atoms. The molecule has 11 nitrogen and oxygen atoms in total. The van der Waals surface area contributed by atoms with Gasteiger partial charge in [-0.25, -0.2) is 15.4 Å². The van der Waals surface area contributed by atoms with Crippen LogP contribution in [-0.4, -0.2) is 29.0 Å². The minimum atomic E-state index is -4.41. The second-order valence-corrected chi connectivity index (χ2v) is 13.0. The molecule has 0 saturated carbocycles. The van der Waals surface area contributed by atoms with Crippen molar-refractivity contribution < 1.29 is 32.7 Å². The lowest BCUT2D eigenvalue weighted by molar-refractivity contribution is -0.432. The van der Waals surface area contributed by atoms with Crippen LogP contribution in [0.1, 0.15) is 38.8 Å². The Kier molecular flexibility index (Phi) is 7.15. The highest BCUT2D eigenvalue weighted by Crippen LogP contribution is 2.49. The van der Waals surface area contributed by atoms with Gasteiger partial charge >= 0.3 is 0 Å². The van der Waals surface area contributed by atoms with Crippen molar-refractivity contribution in [3.05, 3.63) is 105 Å². The molecule has 0 atom stereocenters. The number of benzene rings is 2. The first-order valence-corrected chi connectivity index (χ1v) is 14.6. The van der Waals surface area contributed by atoms with Crippen LogP contribution in [0.15, 0.2) is 97.2 Å². The molecule has 2 aliphatic heterocycles. The van der Waals surface area contributed by atoms with Crippen LogP contribution in [0.3, 0.4) is 0 Å². The zero-order valence-electron chi connectivity index (χ0n) is 22.8. The van der Waals surface area contributed by atoms with Crippen LogP contribution in [0.25, 0.3) is 4.85 Å². The van der Waals surface area contributed by atoms with Gasteiger partial charge in [-0.15, -0.1) is 4.33 Å². The number of rotatable bonds is 6. The first kappa shape index (κ1) is 29.3. The number of nitriles is 1. The lowest BCUT2D eigenvalue weighted by atomic mass is 9.75. The summed E-state index contributed by atoms with van der Waals surface area (Å²) in [6.45, 7) is 15.2. The van der Waals surface area contributed by atoms with Crippen molar-refractivity contribution >= 4 is 39.2 Å². The standard InChI is InChI=1S/C29H24N4O7S2/c1-28(2)19-10-15(41-40-39-35)6-8-21(19)32-24(28)12-17-26(23(14-30)31-5)18(27(17)34)13-25-29(3,4)20-11-16(42(36,37)38)7-9-22(20)33-25/h6-13,33-35H,1-4H3,(H,36,37,38)/b17-12?,25-13?,26-23+. The molecule has 0 amide bonds. The Bertz CT molecular complexity index is 1890. The number of allylic oxidation sites excluding steroid dienone is 6. The van der Waals surface area contributed by atoms with Gasteiger partial charge in [0.1, 0.15) is 5.76 Å². The average Bonchev–Trinajstić information content (AvgIpc) is 3.35. The number of aliphatic hydroxyl groups is 1. The molecular weight excluding hydrogens is 580 g/mol. The lowest BCUT2D eigenvalue weighted by Gasteiger charge is -2.29. The Morgan fingerprint density at radius 3 is 2.52 bits per heavy atom. The van der Waals surface area contributed by atoms with Crippen molar-refractivity contribution in [2.24, 2.45) is 4.99 Å². The molecule has 0 unspecified atom stereocenters. The third-order valence-corrected chi connectivity index (χ3v) is 9.09. The topological polar surface area (TPSA) is 166 Å². The number of aliphatic hydroxyl groups excluding tert-OH is 1. The van der Waals surface area contributed by atoms with E-state index < -0.39 is 20.9 Å². The molecule has 13 heteroatoms. The molecule has 0 saturated heterocycles. The molecule has 1 aliphatic carbocycles. The van der Waals surface area contributed by atoms with E-state index in [1.807, 2.05) is 39.8 Å². The third kappa shape index (κ3) is 4.72. The van der Waals surface area contributed by atoms with Crippen LogP contribution in [-0.2, 0) is 30.3 Å². The fraction of sp³-hybridized carbons (Fsp3) is 0.207. The minimum Gasteiger partial charge on any atom is -0.507 e. The van der Waals surface area contributed by atoms with Gasteiger partial charge in [0.25, 0.3) is 15.8 Å². The number of anilines is 1. The van der Waals surface area contributed by atoms with Gasteiger partial charge in [0.2, 0.25) is 0 Å². The number of aliphatic imine (C=N–C) groups is 1. The number of fused-ring (bicyclic) bond motifs is 2. The molecular formula is C29H24N4O7S2. The summed E-state index contributed by atoms with van der Waals surface area (Å²) in [4.78, 5) is 8.54. The summed E-state index contributed by atoms with van der Waals surface area (Å²) >= 11 is 0.824. The number of nitrogens with zero attached hydrogens (tertiary/aromatic N) is 3. The second-order valence-electron chi connectivity index (χ2n) is 10.8. The normalized spacial score (nSPS) is 21.2. The van der Waals surface area contributed by atoms with Crippen LogP contribution in [0.2, 0.25) is 0 Å². The Morgan fingerprint density at radius 1 is 1.14 bits per heavy atom. The highest BCUT2D eigenvalue weighted by Gasteiger charge is 2.40. The molecule has 3 aliphatic rings. The molecule has 0 spiro atoms. The Labute approximate surface area is 246 Å². The smallest absolute Gasteiger partial charge is 0.294 e. The molecule has 2 aromatic carbocycles. The van der Waals surface area contributed by atoms with Crippen molar-refractivity contribution in [3.63, 3.8) is 0 Å². The fourth-order valence-corrected chi connectivity index (χ4v) is 6.14. The maximum atomic E-state index is 11.7. The van der Waals surface area contributed by atoms with Gasteiger partial charge in [-0.05, 0) is 59.7 Å². The van der Waals surface area contributed by atoms with Crippen molar-refractivity contribution in [3.8, 4) is 6.07 Å². The molecule has 0 aromatic heterocycles. The average molecular weight is 605 g/mol. The highest BCUT2D eigenvalue weighted by molar-refractivity contribution is 7.94. The van der Waals surface area contributed by atoms with E-state index in [-0.39, 0.29) is 27.5 Å². The van der Waals surface area contributed by atoms with Gasteiger partial charge in [-0.3, -0.25) is 9.55 Å². The van der Waals surface area contributed by atoms with Gasteiger partial charge in [0.15, 0.2) is 0 Å². The molecule has 0 fully saturated rings. The van der Waals surface area contributed by atoms with E-state index in [4.69, 9.17) is 16.8 Å². The maximum Gasteiger partial charge on any atom is 0.294 e. The molecule has 2 heterocycles. The summed E-state index contributed by atoms with van der Waals surface area (Å²) in [6.07, 6.45) is 3.30. The second kappa shape index (κ2) is 10.3. The van der Waals surface area contributed by atoms with Crippen LogP contribution < -0.4 is 5.32 Å². The zero-order valence-corrected chi connectivity index (χ0v) is 24.4. The SMILES string of the molecule is [C-]#[N+]/C(C#N)=C1\C(=CC2=Nc3ccc(SOOO)cc3C2(C)C)C(O)=C1C=C1Nc2ccc(S(=O)(=O)O)cc2C1(C)C. The monoisotopic (exact) mass is 604 g/mol. The fourth-order valence-electron chi connectivity index (χ4n) is 5.23. The predicted molar refractivity (Wildman–Crippen MR) is 155 cm³/mol. The van der Waals surface area contributed by atoms with Crippen molar-refractivity contribution in [2.45, 2.75) is 48.3 Å². The Morgan fingerprint density at radius 2 is 1.88 bits per heavy atom. The molecule has 5 rings (SSSR count). The maximum absolute atomic E-state index is 11.7. The van der Waals surface area contributed by atoms with Gasteiger partial charge in [0.05, 0.1) is 41.0 Å². The quantitative estimate of drug-likeness (QED) is 0.0717. The van der Waals surface area contributed by atoms with Crippen molar-refractivity contribution in [2.75, 3.05) is 5.32 Å². The van der Waals surface area contributed by atoms with Crippen LogP contribution in [0.5, 0.6) is 0 Å². The van der Waals surface area contributed by atoms with E-state index in [1.54, 1.807) is 30.4 Å². The Balaban J connectivity index is 1.57. The molecule has 42 heavy (non-hydrogen) atoms. The largest absolute Gasteiger partial charge is 0.507 e. The molecule has 2 aromatic rings. The van der Waals surface area contributed by atoms with E-state index in [1.165, 1.54) is 12.1 Å². The third-order valence-electron chi connectivity index (χ3n) is 7.66. The summed E-state index contributed by atoms with van der Waals surface area (Å²) in [5, 5.41) is 36.4. The van der Waals surface area contributed by atoms with Gasteiger partial charge in [-0.1, -0.05) is 32.7 Å². The number of nitrogens with one attached hydrogen (secondary N) is 1. The summed E-state index contributed by atoms with van der Waals surface area (Å²) in [5.74, 6) is -0.125. The zero-order chi connectivity index (χ0) is 30.6. The first-order chi connectivity index (χ1) is 19.7. The summed E-state index contributed by atoms with van der Waals surface area (Å²) < 4.78 is 37.5. The number of hydrogen-bond acceptors (Lipinski definition) is 10. The van der Waals surface area contributed by atoms with E-state index in [0.717, 1.165) is 17.6 Å². The Hall–Kier alpha value is -4.21. The van der Waals surface area contributed by atoms with E-state index in [9.17, 15) is 23.3 Å². The van der Waals surface area contributed by atoms with Gasteiger partial charge in [0, 0.05) is 43.8 Å². The van der Waals surface area contributed by atoms with Gasteiger partial charge in [-0.2, -0.15) is 8.42 Å². The molecule has 4 N–H and O–H groups in total. The first-order valence-electron chi connectivity index (χ1n) is 12.4. The van der Waals surface area contributed by atoms with E-state index >= 15 is 0 Å². The summed E-state index contributed by atoms with van der Waals surface area (Å²) in [5.41, 5.74) is 3.23. The van der Waals surface area contributed by atoms with E-state index in [2.05, 4.69) is 19.5 Å². The summed E-state index contributed by atoms with van der Waals surface area (Å²) in [7, 11) is -4.41. The minimum absolute atomic E-state index is 0.125. The van der Waals surface area contributed by atoms with Crippen molar-refractivity contribution in [1.82, 2.24) is 0 Å². The van der Waals surface area contributed by atoms with Crippen LogP contribution >= 0.6 is 12.0 Å². The van der Waals surface area contributed by atoms with Crippen molar-refractivity contribution in [1.29, 1.82) is 5.26 Å². The lowest BCUT2D eigenvalue weighted by Crippen LogP contribution is -2.26. The predicted octanol–water partition coefficient (Wildman–Crippen LogP) is 6.46. The highest BCUT2D eigenvalue weighted by atomic mass is 32.2. The molecule has 0 radical (unpaired) electrons. The van der Waals surface area contributed by atoms with E-state index in [0.29, 0.717) is 38.8 Å². The summed E-state index contributed by atoms with van der Waals surface area (Å²) in [6, 6.07) is 11.5. The van der Waals surface area contributed by atoms with Crippen LogP contribution in [0, 0.1) is 17.9 Å². The number of hydrogen-bond donors (Lipinski definition) is 4. The van der Waals surface area contributed by atoms with Crippen LogP contribution in [0.4, 0.5) is 11.4 Å². The van der Waals surface area contributed by atoms with Gasteiger partial charge < -0.3 is 10.4 Å².